The van der Waals surface area contributed by atoms with Crippen LogP contribution in [0.1, 0.15) is 10.4 Å². The number of nitrogens with zero attached hydrogens (tertiary/aromatic N) is 1. The molecule has 138 valence electrons. The SMILES string of the molecule is COc1ccc(C(=O)Oc2cccc(-c3nc4ccccc4c(=O)[nH]3)c2)cc1. The zero-order valence-corrected chi connectivity index (χ0v) is 15.0. The molecule has 0 aliphatic heterocycles. The molecule has 0 radical (unpaired) electrons. The molecule has 1 aromatic heterocycles. The number of rotatable bonds is 4. The van der Waals surface area contributed by atoms with E-state index in [2.05, 4.69) is 9.97 Å². The highest BCUT2D eigenvalue weighted by molar-refractivity contribution is 5.91. The fourth-order valence-corrected chi connectivity index (χ4v) is 2.82. The number of fused-ring (bicyclic) bond motifs is 1. The normalized spacial score (nSPS) is 10.6. The lowest BCUT2D eigenvalue weighted by Gasteiger charge is -2.08. The number of carbonyl (C=O) groups excluding carboxylic acids is 1. The van der Waals surface area contributed by atoms with E-state index in [9.17, 15) is 9.59 Å². The summed E-state index contributed by atoms with van der Waals surface area (Å²) in [5, 5.41) is 0.522. The molecule has 28 heavy (non-hydrogen) atoms. The Hall–Kier alpha value is -3.93. The average Bonchev–Trinajstić information content (AvgIpc) is 2.74. The molecular formula is C22H16N2O4. The minimum absolute atomic E-state index is 0.221. The van der Waals surface area contributed by atoms with E-state index in [0.29, 0.717) is 39.4 Å². The Kier molecular flexibility index (Phi) is 4.60. The van der Waals surface area contributed by atoms with Crippen molar-refractivity contribution >= 4 is 16.9 Å². The maximum absolute atomic E-state index is 12.4. The summed E-state index contributed by atoms with van der Waals surface area (Å²) in [6, 6.07) is 20.6. The van der Waals surface area contributed by atoms with Gasteiger partial charge in [-0.1, -0.05) is 24.3 Å². The molecule has 0 aliphatic carbocycles. The Morgan fingerprint density at radius 2 is 1.71 bits per heavy atom. The Balaban J connectivity index is 1.62. The molecule has 0 unspecified atom stereocenters. The van der Waals surface area contributed by atoms with Crippen LogP contribution < -0.4 is 15.0 Å². The quantitative estimate of drug-likeness (QED) is 0.435. The van der Waals surface area contributed by atoms with Gasteiger partial charge in [0.2, 0.25) is 0 Å². The second-order valence-corrected chi connectivity index (χ2v) is 6.08. The summed E-state index contributed by atoms with van der Waals surface area (Å²) in [7, 11) is 1.56. The molecule has 4 rings (SSSR count). The summed E-state index contributed by atoms with van der Waals surface area (Å²) in [4.78, 5) is 31.9. The number of esters is 1. The molecule has 0 saturated carbocycles. The van der Waals surface area contributed by atoms with Gasteiger partial charge in [-0.3, -0.25) is 4.79 Å². The predicted molar refractivity (Wildman–Crippen MR) is 106 cm³/mol. The fourth-order valence-electron chi connectivity index (χ4n) is 2.82. The summed E-state index contributed by atoms with van der Waals surface area (Å²) < 4.78 is 10.5. The van der Waals surface area contributed by atoms with Gasteiger partial charge in [0.1, 0.15) is 17.3 Å². The van der Waals surface area contributed by atoms with Crippen LogP contribution in [0.15, 0.2) is 77.6 Å². The number of benzene rings is 3. The first-order valence-electron chi connectivity index (χ1n) is 8.60. The van der Waals surface area contributed by atoms with Gasteiger partial charge in [-0.2, -0.15) is 0 Å². The second-order valence-electron chi connectivity index (χ2n) is 6.08. The summed E-state index contributed by atoms with van der Waals surface area (Å²) in [5.74, 6) is 0.935. The van der Waals surface area contributed by atoms with Crippen LogP contribution >= 0.6 is 0 Å². The molecule has 3 aromatic carbocycles. The highest BCUT2D eigenvalue weighted by atomic mass is 16.5. The van der Waals surface area contributed by atoms with Gasteiger partial charge in [-0.15, -0.1) is 0 Å². The highest BCUT2D eigenvalue weighted by Gasteiger charge is 2.11. The van der Waals surface area contributed by atoms with Crippen LogP contribution in [-0.2, 0) is 0 Å². The first kappa shape index (κ1) is 17.5. The molecule has 0 saturated heterocycles. The molecule has 1 N–H and O–H groups in total. The van der Waals surface area contributed by atoms with Gasteiger partial charge in [0.15, 0.2) is 0 Å². The van der Waals surface area contributed by atoms with E-state index in [-0.39, 0.29) is 5.56 Å². The maximum Gasteiger partial charge on any atom is 0.343 e. The summed E-state index contributed by atoms with van der Waals surface area (Å²) >= 11 is 0. The minimum atomic E-state index is -0.486. The molecule has 0 spiro atoms. The highest BCUT2D eigenvalue weighted by Crippen LogP contribution is 2.22. The molecule has 4 aromatic rings. The van der Waals surface area contributed by atoms with Crippen LogP contribution in [0.3, 0.4) is 0 Å². The van der Waals surface area contributed by atoms with E-state index in [1.807, 2.05) is 6.07 Å². The number of aromatic amines is 1. The number of para-hydroxylation sites is 1. The van der Waals surface area contributed by atoms with Crippen molar-refractivity contribution in [2.24, 2.45) is 0 Å². The van der Waals surface area contributed by atoms with Crippen molar-refractivity contribution in [2.75, 3.05) is 7.11 Å². The number of hydrogen-bond acceptors (Lipinski definition) is 5. The summed E-state index contributed by atoms with van der Waals surface area (Å²) in [6.07, 6.45) is 0. The molecular weight excluding hydrogens is 356 g/mol. The first-order chi connectivity index (χ1) is 13.6. The van der Waals surface area contributed by atoms with Gasteiger partial charge in [-0.05, 0) is 48.5 Å². The van der Waals surface area contributed by atoms with Crippen molar-refractivity contribution in [1.82, 2.24) is 9.97 Å². The van der Waals surface area contributed by atoms with Crippen molar-refractivity contribution in [1.29, 1.82) is 0 Å². The zero-order chi connectivity index (χ0) is 19.5. The number of nitrogens with one attached hydrogen (secondary N) is 1. The topological polar surface area (TPSA) is 81.3 Å². The monoisotopic (exact) mass is 372 g/mol. The van der Waals surface area contributed by atoms with E-state index in [0.717, 1.165) is 0 Å². The third-order valence-electron chi connectivity index (χ3n) is 4.26. The number of hydrogen-bond donors (Lipinski definition) is 1. The van der Waals surface area contributed by atoms with Gasteiger partial charge in [-0.25, -0.2) is 9.78 Å². The van der Waals surface area contributed by atoms with Crippen LogP contribution in [0.5, 0.6) is 11.5 Å². The predicted octanol–water partition coefficient (Wildman–Crippen LogP) is 3.82. The van der Waals surface area contributed by atoms with Crippen LogP contribution in [0.4, 0.5) is 0 Å². The third-order valence-corrected chi connectivity index (χ3v) is 4.26. The molecule has 0 atom stereocenters. The van der Waals surface area contributed by atoms with Gasteiger partial charge >= 0.3 is 5.97 Å². The number of ether oxygens (including phenoxy) is 2. The molecule has 1 heterocycles. The van der Waals surface area contributed by atoms with Gasteiger partial charge < -0.3 is 14.5 Å². The third kappa shape index (κ3) is 3.48. The van der Waals surface area contributed by atoms with Crippen LogP contribution in [0.2, 0.25) is 0 Å². The lowest BCUT2D eigenvalue weighted by atomic mass is 10.1. The second kappa shape index (κ2) is 7.36. The van der Waals surface area contributed by atoms with Gasteiger partial charge in [0.05, 0.1) is 23.6 Å². The molecule has 0 bridgehead atoms. The summed E-state index contributed by atoms with van der Waals surface area (Å²) in [6.45, 7) is 0. The van der Waals surface area contributed by atoms with Crippen molar-refractivity contribution in [3.8, 4) is 22.9 Å². The van der Waals surface area contributed by atoms with Crippen molar-refractivity contribution in [2.45, 2.75) is 0 Å². The van der Waals surface area contributed by atoms with Crippen LogP contribution in [0, 0.1) is 0 Å². The number of H-pyrrole nitrogens is 1. The van der Waals surface area contributed by atoms with E-state index >= 15 is 0 Å². The zero-order valence-electron chi connectivity index (χ0n) is 15.0. The van der Waals surface area contributed by atoms with E-state index in [1.54, 1.807) is 73.8 Å². The standard InChI is InChI=1S/C22H16N2O4/c1-27-16-11-9-14(10-12-16)22(26)28-17-6-4-5-15(13-17)20-23-19-8-3-2-7-18(19)21(25)24-20/h2-13H,1H3,(H,23,24,25). The van der Waals surface area contributed by atoms with Gasteiger partial charge in [0, 0.05) is 5.56 Å². The van der Waals surface area contributed by atoms with E-state index in [4.69, 9.17) is 9.47 Å². The van der Waals surface area contributed by atoms with Crippen LogP contribution in [0.25, 0.3) is 22.3 Å². The molecule has 0 aliphatic rings. The van der Waals surface area contributed by atoms with Crippen molar-refractivity contribution < 1.29 is 14.3 Å². The minimum Gasteiger partial charge on any atom is -0.497 e. The van der Waals surface area contributed by atoms with E-state index < -0.39 is 5.97 Å². The maximum atomic E-state index is 12.4. The Morgan fingerprint density at radius 1 is 0.929 bits per heavy atom. The van der Waals surface area contributed by atoms with Crippen molar-refractivity contribution in [3.63, 3.8) is 0 Å². The van der Waals surface area contributed by atoms with Crippen molar-refractivity contribution in [3.05, 3.63) is 88.7 Å². The van der Waals surface area contributed by atoms with Crippen LogP contribution in [-0.4, -0.2) is 23.0 Å². The number of carbonyl (C=O) groups is 1. The lowest BCUT2D eigenvalue weighted by molar-refractivity contribution is 0.0735. The Labute approximate surface area is 160 Å². The fraction of sp³-hybridized carbons (Fsp3) is 0.0455. The first-order valence-corrected chi connectivity index (χ1v) is 8.60. The number of aromatic nitrogens is 2. The average molecular weight is 372 g/mol. The number of methoxy groups -OCH3 is 1. The molecule has 6 nitrogen and oxygen atoms in total. The molecule has 0 fully saturated rings. The lowest BCUT2D eigenvalue weighted by Crippen LogP contribution is -2.10. The largest absolute Gasteiger partial charge is 0.497 e. The Morgan fingerprint density at radius 3 is 2.50 bits per heavy atom. The van der Waals surface area contributed by atoms with E-state index in [1.165, 1.54) is 0 Å². The summed E-state index contributed by atoms with van der Waals surface area (Å²) in [5.41, 5.74) is 1.43. The Bertz CT molecular complexity index is 1210. The smallest absolute Gasteiger partial charge is 0.343 e. The molecule has 6 heteroatoms. The van der Waals surface area contributed by atoms with Gasteiger partial charge in [0.25, 0.3) is 5.56 Å². The molecule has 0 amide bonds.